The summed E-state index contributed by atoms with van der Waals surface area (Å²) in [5.74, 6) is 0. The van der Waals surface area contributed by atoms with Crippen molar-refractivity contribution in [2.75, 3.05) is 4.90 Å². The van der Waals surface area contributed by atoms with Crippen LogP contribution in [0.25, 0.3) is 74.7 Å². The first-order valence-electron chi connectivity index (χ1n) is 17.1. The second-order valence-corrected chi connectivity index (χ2v) is 14.0. The van der Waals surface area contributed by atoms with E-state index in [0.29, 0.717) is 0 Å². The van der Waals surface area contributed by atoms with Crippen molar-refractivity contribution in [1.29, 1.82) is 0 Å². The summed E-state index contributed by atoms with van der Waals surface area (Å²) < 4.78 is 2.62. The number of thiophene rings is 1. The van der Waals surface area contributed by atoms with Gasteiger partial charge in [-0.1, -0.05) is 140 Å². The molecule has 1 nitrogen and oxygen atoms in total. The summed E-state index contributed by atoms with van der Waals surface area (Å²) >= 11 is 1.87. The third-order valence-electron chi connectivity index (χ3n) is 10.0. The van der Waals surface area contributed by atoms with Crippen LogP contribution >= 0.6 is 11.3 Å². The lowest BCUT2D eigenvalue weighted by Gasteiger charge is -2.28. The normalized spacial score (nSPS) is 11.6. The first-order chi connectivity index (χ1) is 24.8. The highest BCUT2D eigenvalue weighted by atomic mass is 32.1. The maximum absolute atomic E-state index is 2.45. The Morgan fingerprint density at radius 1 is 0.320 bits per heavy atom. The summed E-state index contributed by atoms with van der Waals surface area (Å²) in [6, 6.07) is 68.8. The molecule has 0 bridgehead atoms. The van der Waals surface area contributed by atoms with E-state index in [9.17, 15) is 0 Å². The zero-order valence-corrected chi connectivity index (χ0v) is 28.1. The van der Waals surface area contributed by atoms with Crippen LogP contribution in [0.15, 0.2) is 188 Å². The van der Waals surface area contributed by atoms with Crippen molar-refractivity contribution < 1.29 is 0 Å². The third-order valence-corrected chi connectivity index (χ3v) is 11.1. The molecular formula is C48H31NS. The lowest BCUT2D eigenvalue weighted by molar-refractivity contribution is 1.31. The monoisotopic (exact) mass is 653 g/mol. The maximum Gasteiger partial charge on any atom is 0.0540 e. The number of benzene rings is 9. The van der Waals surface area contributed by atoms with Crippen LogP contribution in [0, 0.1) is 0 Å². The molecule has 0 radical (unpaired) electrons. The molecular weight excluding hydrogens is 623 g/mol. The molecule has 0 amide bonds. The third kappa shape index (κ3) is 4.84. The molecule has 0 spiro atoms. The van der Waals surface area contributed by atoms with Gasteiger partial charge in [-0.3, -0.25) is 0 Å². The number of hydrogen-bond donors (Lipinski definition) is 0. The Balaban J connectivity index is 1.17. The zero-order valence-electron chi connectivity index (χ0n) is 27.3. The molecule has 0 aliphatic heterocycles. The molecule has 1 heterocycles. The van der Waals surface area contributed by atoms with Crippen LogP contribution in [0.2, 0.25) is 0 Å². The van der Waals surface area contributed by atoms with Crippen LogP contribution in [-0.4, -0.2) is 0 Å². The maximum atomic E-state index is 2.45. The highest BCUT2D eigenvalue weighted by molar-refractivity contribution is 7.25. The standard InChI is InChI=1S/C48H31NS/c1-2-10-32(11-3-1)34-18-20-35(21-19-34)41-25-26-46(43-17-9-8-16-42(41)43)49(39-23-22-33-12-4-5-13-36(33)28-39)40-24-27-47-45(31-40)44-29-37-14-6-7-15-38(37)30-48(44)50-47/h1-31H. The highest BCUT2D eigenvalue weighted by Gasteiger charge is 2.19. The van der Waals surface area contributed by atoms with Crippen molar-refractivity contribution in [2.45, 2.75) is 0 Å². The van der Waals surface area contributed by atoms with Gasteiger partial charge < -0.3 is 4.90 Å². The molecule has 10 aromatic rings. The van der Waals surface area contributed by atoms with Gasteiger partial charge >= 0.3 is 0 Å². The van der Waals surface area contributed by atoms with Gasteiger partial charge in [0.2, 0.25) is 0 Å². The lowest BCUT2D eigenvalue weighted by atomic mass is 9.94. The van der Waals surface area contributed by atoms with E-state index in [-0.39, 0.29) is 0 Å². The predicted octanol–water partition coefficient (Wildman–Crippen LogP) is 14.3. The SMILES string of the molecule is c1ccc(-c2ccc(-c3ccc(N(c4ccc5ccccc5c4)c4ccc5sc6cc7ccccc7cc6c5c4)c4ccccc34)cc2)cc1. The summed E-state index contributed by atoms with van der Waals surface area (Å²) in [7, 11) is 0. The van der Waals surface area contributed by atoms with E-state index in [1.165, 1.54) is 74.7 Å². The van der Waals surface area contributed by atoms with E-state index in [4.69, 9.17) is 0 Å². The molecule has 0 saturated heterocycles. The van der Waals surface area contributed by atoms with E-state index in [0.717, 1.165) is 17.1 Å². The van der Waals surface area contributed by atoms with Crippen molar-refractivity contribution >= 4 is 80.9 Å². The number of nitrogens with zero attached hydrogens (tertiary/aromatic N) is 1. The largest absolute Gasteiger partial charge is 0.310 e. The second-order valence-electron chi connectivity index (χ2n) is 13.0. The van der Waals surface area contributed by atoms with Crippen molar-refractivity contribution in [2.24, 2.45) is 0 Å². The van der Waals surface area contributed by atoms with Gasteiger partial charge in [-0.15, -0.1) is 11.3 Å². The molecule has 0 N–H and O–H groups in total. The van der Waals surface area contributed by atoms with Crippen molar-refractivity contribution in [3.63, 3.8) is 0 Å². The van der Waals surface area contributed by atoms with Crippen LogP contribution < -0.4 is 4.90 Å². The Labute approximate surface area is 294 Å². The van der Waals surface area contributed by atoms with Crippen LogP contribution in [0.4, 0.5) is 17.1 Å². The fraction of sp³-hybridized carbons (Fsp3) is 0. The minimum atomic E-state index is 1.14. The average molecular weight is 654 g/mol. The number of rotatable bonds is 5. The number of fused-ring (bicyclic) bond motifs is 6. The van der Waals surface area contributed by atoms with Crippen LogP contribution in [-0.2, 0) is 0 Å². The summed E-state index contributed by atoms with van der Waals surface area (Å²) in [4.78, 5) is 2.45. The minimum absolute atomic E-state index is 1.14. The molecule has 2 heteroatoms. The summed E-state index contributed by atoms with van der Waals surface area (Å²) in [6.45, 7) is 0. The molecule has 0 fully saturated rings. The molecule has 0 saturated carbocycles. The van der Waals surface area contributed by atoms with Crippen molar-refractivity contribution in [3.05, 3.63) is 188 Å². The zero-order chi connectivity index (χ0) is 33.0. The molecule has 1 aromatic heterocycles. The molecule has 0 unspecified atom stereocenters. The molecule has 0 aliphatic rings. The predicted molar refractivity (Wildman–Crippen MR) is 217 cm³/mol. The highest BCUT2D eigenvalue weighted by Crippen LogP contribution is 2.45. The van der Waals surface area contributed by atoms with Crippen molar-refractivity contribution in [3.8, 4) is 22.3 Å². The van der Waals surface area contributed by atoms with Gasteiger partial charge in [0.15, 0.2) is 0 Å². The first-order valence-corrected chi connectivity index (χ1v) is 17.9. The van der Waals surface area contributed by atoms with Gasteiger partial charge in [0, 0.05) is 36.9 Å². The minimum Gasteiger partial charge on any atom is -0.310 e. The quantitative estimate of drug-likeness (QED) is 0.179. The molecule has 10 rings (SSSR count). The number of anilines is 3. The van der Waals surface area contributed by atoms with E-state index in [2.05, 4.69) is 193 Å². The van der Waals surface area contributed by atoms with E-state index >= 15 is 0 Å². The van der Waals surface area contributed by atoms with E-state index in [1.807, 2.05) is 11.3 Å². The van der Waals surface area contributed by atoms with Gasteiger partial charge in [0.25, 0.3) is 0 Å². The second kappa shape index (κ2) is 11.7. The Morgan fingerprint density at radius 2 is 0.900 bits per heavy atom. The summed E-state index contributed by atoms with van der Waals surface area (Å²) in [5, 5.41) is 10.1. The number of hydrogen-bond acceptors (Lipinski definition) is 2. The lowest BCUT2D eigenvalue weighted by Crippen LogP contribution is -2.10. The smallest absolute Gasteiger partial charge is 0.0540 e. The van der Waals surface area contributed by atoms with Crippen LogP contribution in [0.5, 0.6) is 0 Å². The van der Waals surface area contributed by atoms with Gasteiger partial charge in [-0.05, 0) is 97.7 Å². The molecule has 0 aliphatic carbocycles. The Kier molecular flexibility index (Phi) is 6.75. The Bertz CT molecular complexity index is 2870. The van der Waals surface area contributed by atoms with Gasteiger partial charge in [0.05, 0.1) is 5.69 Å². The summed E-state index contributed by atoms with van der Waals surface area (Å²) in [5.41, 5.74) is 8.33. The van der Waals surface area contributed by atoms with E-state index < -0.39 is 0 Å². The first kappa shape index (κ1) is 28.8. The average Bonchev–Trinajstić information content (AvgIpc) is 3.54. The molecule has 0 atom stereocenters. The fourth-order valence-electron chi connectivity index (χ4n) is 7.54. The molecule has 234 valence electrons. The van der Waals surface area contributed by atoms with Crippen molar-refractivity contribution in [1.82, 2.24) is 0 Å². The molecule has 50 heavy (non-hydrogen) atoms. The van der Waals surface area contributed by atoms with Crippen LogP contribution in [0.1, 0.15) is 0 Å². The van der Waals surface area contributed by atoms with E-state index in [1.54, 1.807) is 0 Å². The van der Waals surface area contributed by atoms with Gasteiger partial charge in [0.1, 0.15) is 0 Å². The van der Waals surface area contributed by atoms with Crippen LogP contribution in [0.3, 0.4) is 0 Å². The fourth-order valence-corrected chi connectivity index (χ4v) is 8.65. The Hall–Kier alpha value is -6.22. The topological polar surface area (TPSA) is 3.24 Å². The van der Waals surface area contributed by atoms with Gasteiger partial charge in [-0.2, -0.15) is 0 Å². The van der Waals surface area contributed by atoms with Gasteiger partial charge in [-0.25, -0.2) is 0 Å². The summed E-state index contributed by atoms with van der Waals surface area (Å²) in [6.07, 6.45) is 0. The molecule has 9 aromatic carbocycles. The Morgan fingerprint density at radius 3 is 1.70 bits per heavy atom.